The zero-order valence-electron chi connectivity index (χ0n) is 17.8. The van der Waals surface area contributed by atoms with Gasteiger partial charge in [0.05, 0.1) is 11.3 Å². The molecule has 10 heteroatoms. The van der Waals surface area contributed by atoms with Crippen molar-refractivity contribution in [3.8, 4) is 5.75 Å². The van der Waals surface area contributed by atoms with E-state index in [1.165, 1.54) is 36.4 Å². The van der Waals surface area contributed by atoms with Crippen molar-refractivity contribution in [2.24, 2.45) is 0 Å². The fraction of sp³-hybridized carbons (Fsp3) is 0.0400. The Balaban J connectivity index is 1.64. The summed E-state index contributed by atoms with van der Waals surface area (Å²) in [5.41, 5.74) is 1.07. The third kappa shape index (κ3) is 5.34. The molecule has 0 aromatic heterocycles. The predicted octanol–water partition coefficient (Wildman–Crippen LogP) is 4.94. The normalized spacial score (nSPS) is 14.7. The molecule has 4 rings (SSSR count). The number of barbiturate groups is 1. The zero-order chi connectivity index (χ0) is 25.1. The van der Waals surface area contributed by atoms with Gasteiger partial charge in [-0.25, -0.2) is 14.5 Å². The van der Waals surface area contributed by atoms with E-state index >= 15 is 0 Å². The number of imide groups is 2. The number of hydrogen-bond acceptors (Lipinski definition) is 5. The fourth-order valence-electron chi connectivity index (χ4n) is 3.33. The molecule has 8 nitrogen and oxygen atoms in total. The minimum absolute atomic E-state index is 0.0883. The summed E-state index contributed by atoms with van der Waals surface area (Å²) in [5.74, 6) is -2.43. The summed E-state index contributed by atoms with van der Waals surface area (Å²) in [6.45, 7) is 0.0883. The van der Waals surface area contributed by atoms with Crippen LogP contribution in [-0.4, -0.2) is 28.9 Å². The van der Waals surface area contributed by atoms with Crippen LogP contribution in [0.25, 0.3) is 6.08 Å². The van der Waals surface area contributed by atoms with Crippen LogP contribution in [-0.2, 0) is 16.2 Å². The quantitative estimate of drug-likeness (QED) is 0.358. The summed E-state index contributed by atoms with van der Waals surface area (Å²) in [6, 6.07) is 16.0. The van der Waals surface area contributed by atoms with Gasteiger partial charge in [-0.15, -0.1) is 0 Å². The maximum absolute atomic E-state index is 13.1. The van der Waals surface area contributed by atoms with Gasteiger partial charge < -0.3 is 9.84 Å². The molecule has 2 N–H and O–H groups in total. The molecule has 1 aliphatic rings. The van der Waals surface area contributed by atoms with Gasteiger partial charge in [0.15, 0.2) is 0 Å². The summed E-state index contributed by atoms with van der Waals surface area (Å²) in [7, 11) is 0. The SMILES string of the molecule is O=C1NC(=O)N(c2cccc(Cl)c2)C(=O)/C1=C/c1cc(Cl)ccc1OCc1ccc(C(=O)O)cc1. The number of carboxylic acid groups (broad SMARTS) is 1. The molecule has 0 bridgehead atoms. The molecule has 1 heterocycles. The average molecular weight is 511 g/mol. The lowest BCUT2D eigenvalue weighted by atomic mass is 10.1. The van der Waals surface area contributed by atoms with E-state index in [0.717, 1.165) is 4.90 Å². The highest BCUT2D eigenvalue weighted by atomic mass is 35.5. The molecule has 3 aromatic carbocycles. The first-order chi connectivity index (χ1) is 16.7. The summed E-state index contributed by atoms with van der Waals surface area (Å²) >= 11 is 12.1. The van der Waals surface area contributed by atoms with E-state index in [9.17, 15) is 19.2 Å². The van der Waals surface area contributed by atoms with Crippen molar-refractivity contribution >= 4 is 58.8 Å². The smallest absolute Gasteiger partial charge is 0.335 e. The van der Waals surface area contributed by atoms with Gasteiger partial charge in [0.1, 0.15) is 17.9 Å². The van der Waals surface area contributed by atoms with Crippen molar-refractivity contribution in [2.75, 3.05) is 4.90 Å². The molecule has 1 aliphatic heterocycles. The van der Waals surface area contributed by atoms with Crippen molar-refractivity contribution in [3.05, 3.63) is 99.0 Å². The molecule has 0 saturated carbocycles. The van der Waals surface area contributed by atoms with E-state index in [0.29, 0.717) is 26.9 Å². The molecule has 4 amide bonds. The van der Waals surface area contributed by atoms with Gasteiger partial charge in [0.25, 0.3) is 11.8 Å². The average Bonchev–Trinajstić information content (AvgIpc) is 2.81. The number of amides is 4. The van der Waals surface area contributed by atoms with Crippen LogP contribution >= 0.6 is 23.2 Å². The van der Waals surface area contributed by atoms with E-state index in [1.54, 1.807) is 36.4 Å². The van der Waals surface area contributed by atoms with Gasteiger partial charge in [-0.05, 0) is 60.2 Å². The lowest BCUT2D eigenvalue weighted by Gasteiger charge is -2.26. The van der Waals surface area contributed by atoms with E-state index in [4.69, 9.17) is 33.0 Å². The van der Waals surface area contributed by atoms with Crippen LogP contribution in [0.15, 0.2) is 72.3 Å². The lowest BCUT2D eigenvalue weighted by Crippen LogP contribution is -2.54. The second-order valence-corrected chi connectivity index (χ2v) is 8.28. The molecule has 1 saturated heterocycles. The molecule has 0 atom stereocenters. The van der Waals surface area contributed by atoms with Gasteiger partial charge in [-0.2, -0.15) is 0 Å². The number of rotatable bonds is 6. The molecule has 0 aliphatic carbocycles. The van der Waals surface area contributed by atoms with E-state index < -0.39 is 23.8 Å². The maximum Gasteiger partial charge on any atom is 0.335 e. The molecular weight excluding hydrogens is 495 g/mol. The Kier molecular flexibility index (Phi) is 6.86. The number of carboxylic acids is 1. The van der Waals surface area contributed by atoms with Crippen LogP contribution in [0.5, 0.6) is 5.75 Å². The van der Waals surface area contributed by atoms with E-state index in [2.05, 4.69) is 5.32 Å². The number of nitrogens with one attached hydrogen (secondary N) is 1. The minimum atomic E-state index is -1.04. The Morgan fingerprint density at radius 3 is 2.37 bits per heavy atom. The highest BCUT2D eigenvalue weighted by Crippen LogP contribution is 2.29. The number of benzene rings is 3. The first-order valence-electron chi connectivity index (χ1n) is 10.1. The van der Waals surface area contributed by atoms with E-state index in [1.807, 2.05) is 0 Å². The standard InChI is InChI=1S/C25H16Cl2N2O6/c26-17-2-1-3-19(12-17)29-23(31)20(22(30)28-25(29)34)11-16-10-18(27)8-9-21(16)35-13-14-4-6-15(7-5-14)24(32)33/h1-12H,13H2,(H,32,33)(H,28,30,34)/b20-11+. The zero-order valence-corrected chi connectivity index (χ0v) is 19.3. The predicted molar refractivity (Wildman–Crippen MR) is 130 cm³/mol. The molecule has 0 spiro atoms. The summed E-state index contributed by atoms with van der Waals surface area (Å²) in [4.78, 5) is 49.9. The number of hydrogen-bond donors (Lipinski definition) is 2. The first kappa shape index (κ1) is 24.0. The topological polar surface area (TPSA) is 113 Å². The third-order valence-corrected chi connectivity index (χ3v) is 5.51. The fourth-order valence-corrected chi connectivity index (χ4v) is 3.70. The van der Waals surface area contributed by atoms with Crippen molar-refractivity contribution in [3.63, 3.8) is 0 Å². The number of aromatic carboxylic acids is 1. The van der Waals surface area contributed by atoms with Crippen molar-refractivity contribution in [1.82, 2.24) is 5.32 Å². The number of ether oxygens (including phenoxy) is 1. The van der Waals surface area contributed by atoms with Gasteiger partial charge in [0.2, 0.25) is 0 Å². The van der Waals surface area contributed by atoms with Crippen LogP contribution < -0.4 is 15.0 Å². The molecule has 35 heavy (non-hydrogen) atoms. The van der Waals surface area contributed by atoms with Crippen molar-refractivity contribution < 1.29 is 29.0 Å². The van der Waals surface area contributed by atoms with Crippen LogP contribution in [0.3, 0.4) is 0 Å². The Bertz CT molecular complexity index is 1380. The highest BCUT2D eigenvalue weighted by Gasteiger charge is 2.37. The molecule has 3 aromatic rings. The summed E-state index contributed by atoms with van der Waals surface area (Å²) in [5, 5.41) is 11.8. The number of halogens is 2. The number of nitrogens with zero attached hydrogens (tertiary/aromatic N) is 1. The molecule has 0 radical (unpaired) electrons. The van der Waals surface area contributed by atoms with E-state index in [-0.39, 0.29) is 23.4 Å². The monoisotopic (exact) mass is 510 g/mol. The second kappa shape index (κ2) is 10.0. The Morgan fingerprint density at radius 1 is 0.971 bits per heavy atom. The summed E-state index contributed by atoms with van der Waals surface area (Å²) in [6.07, 6.45) is 1.29. The summed E-state index contributed by atoms with van der Waals surface area (Å²) < 4.78 is 5.85. The molecule has 176 valence electrons. The van der Waals surface area contributed by atoms with Gasteiger partial charge in [-0.3, -0.25) is 14.9 Å². The van der Waals surface area contributed by atoms with Crippen LogP contribution in [0.1, 0.15) is 21.5 Å². The molecular formula is C25H16Cl2N2O6. The number of carbonyl (C=O) groups excluding carboxylic acids is 3. The van der Waals surface area contributed by atoms with Gasteiger partial charge >= 0.3 is 12.0 Å². The first-order valence-corrected chi connectivity index (χ1v) is 10.9. The molecule has 1 fully saturated rings. The number of anilines is 1. The minimum Gasteiger partial charge on any atom is -0.488 e. The second-order valence-electron chi connectivity index (χ2n) is 7.41. The number of carbonyl (C=O) groups is 4. The number of urea groups is 1. The Morgan fingerprint density at radius 2 is 1.69 bits per heavy atom. The van der Waals surface area contributed by atoms with Crippen molar-refractivity contribution in [2.45, 2.75) is 6.61 Å². The largest absolute Gasteiger partial charge is 0.488 e. The van der Waals surface area contributed by atoms with Crippen LogP contribution in [0, 0.1) is 0 Å². The Hall–Kier alpha value is -4.14. The van der Waals surface area contributed by atoms with Crippen LogP contribution in [0.2, 0.25) is 10.0 Å². The van der Waals surface area contributed by atoms with Crippen molar-refractivity contribution in [1.29, 1.82) is 0 Å². The lowest BCUT2D eigenvalue weighted by molar-refractivity contribution is -0.122. The highest BCUT2D eigenvalue weighted by molar-refractivity contribution is 6.39. The van der Waals surface area contributed by atoms with Gasteiger partial charge in [0, 0.05) is 15.6 Å². The molecule has 0 unspecified atom stereocenters. The van der Waals surface area contributed by atoms with Gasteiger partial charge in [-0.1, -0.05) is 41.4 Å². The van der Waals surface area contributed by atoms with Crippen LogP contribution in [0.4, 0.5) is 10.5 Å². The Labute approximate surface area is 209 Å². The maximum atomic E-state index is 13.1. The third-order valence-electron chi connectivity index (χ3n) is 5.03.